The highest BCUT2D eigenvalue weighted by atomic mass is 16.2. The van der Waals surface area contributed by atoms with Crippen molar-refractivity contribution in [2.45, 2.75) is 46.5 Å². The number of nitrogens with zero attached hydrogens (tertiary/aromatic N) is 2. The number of rotatable bonds is 3. The van der Waals surface area contributed by atoms with Gasteiger partial charge in [-0.2, -0.15) is 5.26 Å². The summed E-state index contributed by atoms with van der Waals surface area (Å²) in [5.74, 6) is 0.0818. The summed E-state index contributed by atoms with van der Waals surface area (Å²) < 4.78 is 0. The molecule has 134 valence electrons. The molecule has 1 N–H and O–H groups in total. The van der Waals surface area contributed by atoms with E-state index in [9.17, 15) is 14.9 Å². The van der Waals surface area contributed by atoms with Crippen LogP contribution in [0.3, 0.4) is 0 Å². The van der Waals surface area contributed by atoms with E-state index in [-0.39, 0.29) is 17.0 Å². The molecule has 0 unspecified atom stereocenters. The Labute approximate surface area is 153 Å². The Bertz CT molecular complexity index is 966. The lowest BCUT2D eigenvalue weighted by Gasteiger charge is -2.30. The fourth-order valence-electron chi connectivity index (χ4n) is 3.77. The summed E-state index contributed by atoms with van der Waals surface area (Å²) in [7, 11) is 0. The third kappa shape index (κ3) is 3.28. The summed E-state index contributed by atoms with van der Waals surface area (Å²) in [5.41, 5.74) is 5.52. The normalized spacial score (nSPS) is 13.2. The van der Waals surface area contributed by atoms with Crippen LogP contribution >= 0.6 is 0 Å². The lowest BCUT2D eigenvalue weighted by atomic mass is 9.97. The minimum atomic E-state index is -0.363. The van der Waals surface area contributed by atoms with Crippen LogP contribution in [0.25, 0.3) is 0 Å². The highest BCUT2D eigenvalue weighted by molar-refractivity contribution is 5.94. The predicted octanol–water partition coefficient (Wildman–Crippen LogP) is 3.08. The van der Waals surface area contributed by atoms with Crippen molar-refractivity contribution < 1.29 is 4.79 Å². The number of anilines is 1. The second kappa shape index (κ2) is 7.17. The van der Waals surface area contributed by atoms with Crippen LogP contribution in [0, 0.1) is 32.1 Å². The number of nitrogens with one attached hydrogen (secondary N) is 1. The van der Waals surface area contributed by atoms with E-state index in [1.165, 1.54) is 11.1 Å². The van der Waals surface area contributed by atoms with Crippen LogP contribution in [0.5, 0.6) is 0 Å². The van der Waals surface area contributed by atoms with Crippen molar-refractivity contribution in [1.29, 1.82) is 5.26 Å². The maximum absolute atomic E-state index is 12.9. The Kier molecular flexibility index (Phi) is 4.94. The minimum absolute atomic E-state index is 0.0818. The lowest BCUT2D eigenvalue weighted by molar-refractivity contribution is -0.118. The van der Waals surface area contributed by atoms with Gasteiger partial charge in [0, 0.05) is 24.3 Å². The SMILES string of the molecule is Cc1ccc2c(c1)CCCN2C(=O)CCc1c(C)[nH]c(=O)c(C#N)c1C. The molecule has 0 saturated heterocycles. The van der Waals surface area contributed by atoms with Crippen LogP contribution in [0.2, 0.25) is 0 Å². The Morgan fingerprint density at radius 2 is 2.08 bits per heavy atom. The van der Waals surface area contributed by atoms with Gasteiger partial charge in [0.25, 0.3) is 5.56 Å². The van der Waals surface area contributed by atoms with E-state index in [4.69, 9.17) is 0 Å². The Morgan fingerprint density at radius 3 is 2.81 bits per heavy atom. The lowest BCUT2D eigenvalue weighted by Crippen LogP contribution is -2.35. The highest BCUT2D eigenvalue weighted by Gasteiger charge is 2.23. The van der Waals surface area contributed by atoms with Crippen LogP contribution in [0.1, 0.15) is 46.4 Å². The highest BCUT2D eigenvalue weighted by Crippen LogP contribution is 2.29. The van der Waals surface area contributed by atoms with Gasteiger partial charge in [-0.25, -0.2) is 0 Å². The van der Waals surface area contributed by atoms with Crippen LogP contribution in [-0.2, 0) is 17.6 Å². The van der Waals surface area contributed by atoms with Crippen LogP contribution < -0.4 is 10.5 Å². The van der Waals surface area contributed by atoms with Crippen LogP contribution in [0.4, 0.5) is 5.69 Å². The largest absolute Gasteiger partial charge is 0.325 e. The number of H-pyrrole nitrogens is 1. The second-order valence-electron chi connectivity index (χ2n) is 6.95. The maximum atomic E-state index is 12.9. The average Bonchev–Trinajstić information content (AvgIpc) is 2.60. The van der Waals surface area contributed by atoms with E-state index in [0.29, 0.717) is 18.4 Å². The number of nitriles is 1. The molecule has 1 aromatic heterocycles. The number of aromatic amines is 1. The number of carbonyl (C=O) groups is 1. The molecule has 2 aromatic rings. The molecule has 0 spiro atoms. The molecule has 2 heterocycles. The van der Waals surface area contributed by atoms with E-state index in [1.807, 2.05) is 30.0 Å². The molecule has 0 aliphatic carbocycles. The molecule has 5 heteroatoms. The third-order valence-electron chi connectivity index (χ3n) is 5.16. The van der Waals surface area contributed by atoms with Gasteiger partial charge < -0.3 is 9.88 Å². The van der Waals surface area contributed by atoms with Crippen molar-refractivity contribution in [2.75, 3.05) is 11.4 Å². The van der Waals surface area contributed by atoms with Crippen molar-refractivity contribution >= 4 is 11.6 Å². The first-order valence-corrected chi connectivity index (χ1v) is 8.94. The molecule has 0 atom stereocenters. The average molecular weight is 349 g/mol. The van der Waals surface area contributed by atoms with Gasteiger partial charge in [-0.1, -0.05) is 17.7 Å². The van der Waals surface area contributed by atoms with Crippen molar-refractivity contribution in [3.05, 3.63) is 62.1 Å². The smallest absolute Gasteiger partial charge is 0.266 e. The number of aromatic nitrogens is 1. The number of hydrogen-bond donors (Lipinski definition) is 1. The first-order valence-electron chi connectivity index (χ1n) is 8.94. The van der Waals surface area contributed by atoms with Gasteiger partial charge in [0.2, 0.25) is 5.91 Å². The summed E-state index contributed by atoms with van der Waals surface area (Å²) in [6.07, 6.45) is 2.84. The molecule has 1 aliphatic rings. The summed E-state index contributed by atoms with van der Waals surface area (Å²) in [6, 6.07) is 8.19. The number of hydrogen-bond acceptors (Lipinski definition) is 3. The van der Waals surface area contributed by atoms with Gasteiger partial charge in [-0.05, 0) is 62.8 Å². The molecule has 26 heavy (non-hydrogen) atoms. The van der Waals surface area contributed by atoms with Gasteiger partial charge in [-0.15, -0.1) is 0 Å². The molecule has 0 fully saturated rings. The molecule has 0 radical (unpaired) electrons. The van der Waals surface area contributed by atoms with Crippen molar-refractivity contribution in [1.82, 2.24) is 4.98 Å². The van der Waals surface area contributed by atoms with Gasteiger partial charge in [0.1, 0.15) is 11.6 Å². The van der Waals surface area contributed by atoms with Gasteiger partial charge >= 0.3 is 0 Å². The molecular weight excluding hydrogens is 326 g/mol. The molecule has 0 bridgehead atoms. The minimum Gasteiger partial charge on any atom is -0.325 e. The molecule has 1 aliphatic heterocycles. The van der Waals surface area contributed by atoms with E-state index in [2.05, 4.69) is 18.0 Å². The van der Waals surface area contributed by atoms with Crippen molar-refractivity contribution in [3.63, 3.8) is 0 Å². The second-order valence-corrected chi connectivity index (χ2v) is 6.95. The quantitative estimate of drug-likeness (QED) is 0.925. The fraction of sp³-hybridized carbons (Fsp3) is 0.381. The van der Waals surface area contributed by atoms with Gasteiger partial charge in [-0.3, -0.25) is 9.59 Å². The zero-order valence-electron chi connectivity index (χ0n) is 15.5. The van der Waals surface area contributed by atoms with E-state index >= 15 is 0 Å². The number of amides is 1. The number of carbonyl (C=O) groups excluding carboxylic acids is 1. The van der Waals surface area contributed by atoms with Crippen molar-refractivity contribution in [2.24, 2.45) is 0 Å². The van der Waals surface area contributed by atoms with E-state index in [1.54, 1.807) is 6.92 Å². The van der Waals surface area contributed by atoms with E-state index < -0.39 is 0 Å². The van der Waals surface area contributed by atoms with Crippen molar-refractivity contribution in [3.8, 4) is 6.07 Å². The number of benzene rings is 1. The standard InChI is InChI=1S/C21H23N3O2/c1-13-6-8-19-16(11-13)5-4-10-24(19)20(25)9-7-17-14(2)18(12-22)21(26)23-15(17)3/h6,8,11H,4-5,7,9-10H2,1-3H3,(H,23,26). The number of fused-ring (bicyclic) bond motifs is 1. The Hall–Kier alpha value is -2.87. The molecule has 1 aromatic carbocycles. The zero-order valence-corrected chi connectivity index (χ0v) is 15.5. The van der Waals surface area contributed by atoms with Crippen LogP contribution in [-0.4, -0.2) is 17.4 Å². The summed E-state index contributed by atoms with van der Waals surface area (Å²) in [6.45, 7) is 6.39. The molecule has 1 amide bonds. The summed E-state index contributed by atoms with van der Waals surface area (Å²) in [4.78, 5) is 29.3. The first kappa shape index (κ1) is 17.9. The topological polar surface area (TPSA) is 77.0 Å². The predicted molar refractivity (Wildman–Crippen MR) is 101 cm³/mol. The summed E-state index contributed by atoms with van der Waals surface area (Å²) in [5, 5.41) is 9.18. The van der Waals surface area contributed by atoms with Crippen LogP contribution in [0.15, 0.2) is 23.0 Å². The van der Waals surface area contributed by atoms with Gasteiger partial charge in [0.05, 0.1) is 0 Å². The molecule has 5 nitrogen and oxygen atoms in total. The monoisotopic (exact) mass is 349 g/mol. The zero-order chi connectivity index (χ0) is 18.8. The number of pyridine rings is 1. The third-order valence-corrected chi connectivity index (χ3v) is 5.16. The molecule has 0 saturated carbocycles. The van der Waals surface area contributed by atoms with E-state index in [0.717, 1.165) is 36.3 Å². The Morgan fingerprint density at radius 1 is 1.31 bits per heavy atom. The Balaban J connectivity index is 1.81. The maximum Gasteiger partial charge on any atom is 0.266 e. The molecule has 3 rings (SSSR count). The molecular formula is C21H23N3O2. The summed E-state index contributed by atoms with van der Waals surface area (Å²) >= 11 is 0. The fourth-order valence-corrected chi connectivity index (χ4v) is 3.77. The van der Waals surface area contributed by atoms with Gasteiger partial charge in [0.15, 0.2) is 0 Å². The number of aryl methyl sites for hydroxylation is 3. The first-order chi connectivity index (χ1) is 12.4.